The molecule has 21 heavy (non-hydrogen) atoms. The van der Waals surface area contributed by atoms with E-state index in [2.05, 4.69) is 43.4 Å². The van der Waals surface area contributed by atoms with E-state index in [1.807, 2.05) is 0 Å². The lowest BCUT2D eigenvalue weighted by Crippen LogP contribution is -2.33. The van der Waals surface area contributed by atoms with Gasteiger partial charge in [-0.15, -0.1) is 0 Å². The Labute approximate surface area is 130 Å². The molecule has 0 saturated heterocycles. The van der Waals surface area contributed by atoms with Crippen molar-refractivity contribution in [2.45, 2.75) is 71.6 Å². The predicted octanol–water partition coefficient (Wildman–Crippen LogP) is 4.67. The zero-order chi connectivity index (χ0) is 14.9. The van der Waals surface area contributed by atoms with Gasteiger partial charge in [-0.05, 0) is 49.7 Å². The summed E-state index contributed by atoms with van der Waals surface area (Å²) in [5.74, 6) is 0.985. The zero-order valence-corrected chi connectivity index (χ0v) is 13.7. The van der Waals surface area contributed by atoms with Crippen molar-refractivity contribution in [1.82, 2.24) is 5.32 Å². The van der Waals surface area contributed by atoms with Gasteiger partial charge < -0.3 is 10.1 Å². The lowest BCUT2D eigenvalue weighted by atomic mass is 9.83. The Bertz CT molecular complexity index is 396. The first-order valence-corrected chi connectivity index (χ1v) is 8.71. The molecule has 0 atom stereocenters. The summed E-state index contributed by atoms with van der Waals surface area (Å²) in [5.41, 5.74) is 2.72. The summed E-state index contributed by atoms with van der Waals surface area (Å²) < 4.78 is 5.57. The molecule has 0 aliphatic heterocycles. The van der Waals surface area contributed by atoms with Crippen LogP contribution in [0.4, 0.5) is 0 Å². The lowest BCUT2D eigenvalue weighted by molar-refractivity contribution is 0.133. The quantitative estimate of drug-likeness (QED) is 0.751. The van der Waals surface area contributed by atoms with E-state index in [0.29, 0.717) is 6.04 Å². The van der Waals surface area contributed by atoms with Gasteiger partial charge in [0.1, 0.15) is 0 Å². The standard InChI is InChI=1S/C19H31NO/c1-3-7-16-10-12-19(13-11-16)20-14-17-8-5-6-9-18(17)15-21-4-2/h5-6,8-9,16,19-20H,3-4,7,10-15H2,1-2H3. The van der Waals surface area contributed by atoms with Crippen LogP contribution in [0, 0.1) is 5.92 Å². The van der Waals surface area contributed by atoms with E-state index in [4.69, 9.17) is 4.74 Å². The Balaban J connectivity index is 1.78. The van der Waals surface area contributed by atoms with Crippen LogP contribution in [0.15, 0.2) is 24.3 Å². The minimum atomic E-state index is 0.707. The van der Waals surface area contributed by atoms with Gasteiger partial charge in [-0.3, -0.25) is 0 Å². The molecule has 0 spiro atoms. The summed E-state index contributed by atoms with van der Waals surface area (Å²) in [4.78, 5) is 0. The monoisotopic (exact) mass is 289 g/mol. The summed E-state index contributed by atoms with van der Waals surface area (Å²) in [7, 11) is 0. The van der Waals surface area contributed by atoms with Crippen molar-refractivity contribution in [2.24, 2.45) is 5.92 Å². The molecule has 0 aromatic heterocycles. The maximum atomic E-state index is 5.57. The number of hydrogen-bond donors (Lipinski definition) is 1. The minimum Gasteiger partial charge on any atom is -0.377 e. The Morgan fingerprint density at radius 2 is 1.76 bits per heavy atom. The maximum Gasteiger partial charge on any atom is 0.0719 e. The van der Waals surface area contributed by atoms with E-state index >= 15 is 0 Å². The van der Waals surface area contributed by atoms with Crippen molar-refractivity contribution >= 4 is 0 Å². The molecule has 1 aliphatic carbocycles. The average molecular weight is 289 g/mol. The molecule has 1 fully saturated rings. The highest BCUT2D eigenvalue weighted by atomic mass is 16.5. The van der Waals surface area contributed by atoms with E-state index in [-0.39, 0.29) is 0 Å². The van der Waals surface area contributed by atoms with Crippen LogP contribution < -0.4 is 5.32 Å². The number of benzene rings is 1. The molecule has 0 unspecified atom stereocenters. The van der Waals surface area contributed by atoms with Crippen LogP contribution in [0.25, 0.3) is 0 Å². The SMILES string of the molecule is CCCC1CCC(NCc2ccccc2COCC)CC1. The summed E-state index contributed by atoms with van der Waals surface area (Å²) in [6.07, 6.45) is 8.27. The van der Waals surface area contributed by atoms with Crippen molar-refractivity contribution in [2.75, 3.05) is 6.61 Å². The fraction of sp³-hybridized carbons (Fsp3) is 0.684. The maximum absolute atomic E-state index is 5.57. The molecule has 0 radical (unpaired) electrons. The van der Waals surface area contributed by atoms with Crippen molar-refractivity contribution < 1.29 is 4.74 Å². The molecule has 2 heteroatoms. The topological polar surface area (TPSA) is 21.3 Å². The highest BCUT2D eigenvalue weighted by molar-refractivity contribution is 5.26. The Kier molecular flexibility index (Phi) is 7.25. The van der Waals surface area contributed by atoms with Gasteiger partial charge in [-0.2, -0.15) is 0 Å². The van der Waals surface area contributed by atoms with Crippen molar-refractivity contribution in [1.29, 1.82) is 0 Å². The van der Waals surface area contributed by atoms with Gasteiger partial charge in [-0.25, -0.2) is 0 Å². The summed E-state index contributed by atoms with van der Waals surface area (Å²) in [6, 6.07) is 9.35. The van der Waals surface area contributed by atoms with Gasteiger partial charge in [0.2, 0.25) is 0 Å². The lowest BCUT2D eigenvalue weighted by Gasteiger charge is -2.29. The second-order valence-corrected chi connectivity index (χ2v) is 6.29. The molecule has 1 saturated carbocycles. The van der Waals surface area contributed by atoms with Crippen molar-refractivity contribution in [3.63, 3.8) is 0 Å². The largest absolute Gasteiger partial charge is 0.377 e. The van der Waals surface area contributed by atoms with Crippen LogP contribution in [-0.4, -0.2) is 12.6 Å². The average Bonchev–Trinajstić information content (AvgIpc) is 2.53. The van der Waals surface area contributed by atoms with E-state index < -0.39 is 0 Å². The second-order valence-electron chi connectivity index (χ2n) is 6.29. The fourth-order valence-corrected chi connectivity index (χ4v) is 3.40. The molecule has 1 N–H and O–H groups in total. The van der Waals surface area contributed by atoms with Crippen LogP contribution >= 0.6 is 0 Å². The van der Waals surface area contributed by atoms with Crippen LogP contribution in [0.3, 0.4) is 0 Å². The summed E-state index contributed by atoms with van der Waals surface area (Å²) in [5, 5.41) is 3.76. The molecular formula is C19H31NO. The minimum absolute atomic E-state index is 0.707. The third-order valence-electron chi connectivity index (χ3n) is 4.70. The molecule has 1 aliphatic rings. The summed E-state index contributed by atoms with van der Waals surface area (Å²) >= 11 is 0. The van der Waals surface area contributed by atoms with Gasteiger partial charge in [0.25, 0.3) is 0 Å². The molecule has 0 amide bonds. The van der Waals surface area contributed by atoms with Crippen molar-refractivity contribution in [3.05, 3.63) is 35.4 Å². The van der Waals surface area contributed by atoms with Gasteiger partial charge in [0.15, 0.2) is 0 Å². The second kappa shape index (κ2) is 9.22. The Hall–Kier alpha value is -0.860. The molecule has 118 valence electrons. The highest BCUT2D eigenvalue weighted by Gasteiger charge is 2.20. The van der Waals surface area contributed by atoms with E-state index in [1.165, 1.54) is 49.7 Å². The van der Waals surface area contributed by atoms with Gasteiger partial charge in [0.05, 0.1) is 6.61 Å². The predicted molar refractivity (Wildman–Crippen MR) is 89.3 cm³/mol. The molecule has 1 aromatic carbocycles. The van der Waals surface area contributed by atoms with Gasteiger partial charge >= 0.3 is 0 Å². The van der Waals surface area contributed by atoms with Crippen LogP contribution in [0.1, 0.15) is 63.5 Å². The molecule has 1 aromatic rings. The molecule has 2 nitrogen and oxygen atoms in total. The number of hydrogen-bond acceptors (Lipinski definition) is 2. The van der Waals surface area contributed by atoms with E-state index in [9.17, 15) is 0 Å². The van der Waals surface area contributed by atoms with Gasteiger partial charge in [0, 0.05) is 19.2 Å². The van der Waals surface area contributed by atoms with Crippen LogP contribution in [0.2, 0.25) is 0 Å². The Morgan fingerprint density at radius 3 is 2.43 bits per heavy atom. The first kappa shape index (κ1) is 16.5. The highest BCUT2D eigenvalue weighted by Crippen LogP contribution is 2.28. The van der Waals surface area contributed by atoms with Crippen molar-refractivity contribution in [3.8, 4) is 0 Å². The summed E-state index contributed by atoms with van der Waals surface area (Å²) in [6.45, 7) is 6.85. The number of ether oxygens (including phenoxy) is 1. The first-order valence-electron chi connectivity index (χ1n) is 8.71. The zero-order valence-electron chi connectivity index (χ0n) is 13.7. The fourth-order valence-electron chi connectivity index (χ4n) is 3.40. The molecule has 2 rings (SSSR count). The number of nitrogens with one attached hydrogen (secondary N) is 1. The third kappa shape index (κ3) is 5.44. The third-order valence-corrected chi connectivity index (χ3v) is 4.70. The molecular weight excluding hydrogens is 258 g/mol. The first-order chi connectivity index (χ1) is 10.3. The van der Waals surface area contributed by atoms with Gasteiger partial charge in [-0.1, -0.05) is 44.0 Å². The molecule has 0 heterocycles. The normalized spacial score (nSPS) is 22.4. The Morgan fingerprint density at radius 1 is 1.05 bits per heavy atom. The van der Waals surface area contributed by atoms with Crippen LogP contribution in [0.5, 0.6) is 0 Å². The van der Waals surface area contributed by atoms with E-state index in [1.54, 1.807) is 0 Å². The number of rotatable bonds is 8. The molecule has 0 bridgehead atoms. The smallest absolute Gasteiger partial charge is 0.0719 e. The van der Waals surface area contributed by atoms with Crippen LogP contribution in [-0.2, 0) is 17.9 Å². The van der Waals surface area contributed by atoms with E-state index in [0.717, 1.165) is 25.7 Å².